The van der Waals surface area contributed by atoms with E-state index in [0.29, 0.717) is 18.8 Å². The minimum Gasteiger partial charge on any atom is -0.481 e. The van der Waals surface area contributed by atoms with Crippen LogP contribution in [0.15, 0.2) is 0 Å². The third-order valence-electron chi connectivity index (χ3n) is 3.43. The van der Waals surface area contributed by atoms with E-state index in [4.69, 9.17) is 5.11 Å². The van der Waals surface area contributed by atoms with E-state index in [1.54, 1.807) is 0 Å². The molecule has 1 saturated carbocycles. The summed E-state index contributed by atoms with van der Waals surface area (Å²) in [6.07, 6.45) is 5.82. The van der Waals surface area contributed by atoms with E-state index in [0.717, 1.165) is 12.5 Å². The zero-order valence-electron chi connectivity index (χ0n) is 10.6. The van der Waals surface area contributed by atoms with Crippen molar-refractivity contribution in [3.63, 3.8) is 0 Å². The quantitative estimate of drug-likeness (QED) is 0.749. The Morgan fingerprint density at radius 3 is 2.71 bits per heavy atom. The summed E-state index contributed by atoms with van der Waals surface area (Å²) in [4.78, 5) is 21.7. The van der Waals surface area contributed by atoms with Crippen LogP contribution in [-0.2, 0) is 9.59 Å². The molecule has 0 aliphatic heterocycles. The lowest BCUT2D eigenvalue weighted by molar-refractivity contribution is -0.137. The van der Waals surface area contributed by atoms with E-state index < -0.39 is 5.97 Å². The fourth-order valence-corrected chi connectivity index (χ4v) is 2.49. The van der Waals surface area contributed by atoms with Crippen LogP contribution in [0.4, 0.5) is 0 Å². The van der Waals surface area contributed by atoms with Gasteiger partial charge in [-0.3, -0.25) is 9.59 Å². The van der Waals surface area contributed by atoms with Crippen LogP contribution in [0.2, 0.25) is 0 Å². The summed E-state index contributed by atoms with van der Waals surface area (Å²) in [6.45, 7) is 3.02. The van der Waals surface area contributed by atoms with Gasteiger partial charge in [-0.25, -0.2) is 0 Å². The molecule has 4 nitrogen and oxygen atoms in total. The Balaban J connectivity index is 2.08. The lowest BCUT2D eigenvalue weighted by atomic mass is 9.82. The molecule has 0 heterocycles. The molecule has 2 N–H and O–H groups in total. The first-order valence-corrected chi connectivity index (χ1v) is 6.56. The minimum absolute atomic E-state index is 0.00974. The van der Waals surface area contributed by atoms with Crippen LogP contribution < -0.4 is 5.32 Å². The second-order valence-corrected chi connectivity index (χ2v) is 5.19. The van der Waals surface area contributed by atoms with Gasteiger partial charge in [0, 0.05) is 19.4 Å². The van der Waals surface area contributed by atoms with Crippen LogP contribution in [0.1, 0.15) is 51.9 Å². The van der Waals surface area contributed by atoms with Gasteiger partial charge in [-0.1, -0.05) is 19.8 Å². The number of carboxylic acids is 1. The van der Waals surface area contributed by atoms with Crippen molar-refractivity contribution < 1.29 is 14.7 Å². The molecular weight excluding hydrogens is 218 g/mol. The molecule has 0 aromatic heterocycles. The normalized spacial score (nSPS) is 24.3. The molecule has 1 fully saturated rings. The van der Waals surface area contributed by atoms with Gasteiger partial charge in [-0.2, -0.15) is 0 Å². The second-order valence-electron chi connectivity index (χ2n) is 5.19. The maximum Gasteiger partial charge on any atom is 0.303 e. The maximum absolute atomic E-state index is 11.4. The molecule has 4 heteroatoms. The summed E-state index contributed by atoms with van der Waals surface area (Å²) in [7, 11) is 0. The van der Waals surface area contributed by atoms with E-state index >= 15 is 0 Å². The van der Waals surface area contributed by atoms with Gasteiger partial charge in [0.15, 0.2) is 0 Å². The van der Waals surface area contributed by atoms with Crippen molar-refractivity contribution in [1.82, 2.24) is 5.32 Å². The highest BCUT2D eigenvalue weighted by Crippen LogP contribution is 2.27. The zero-order valence-corrected chi connectivity index (χ0v) is 10.6. The van der Waals surface area contributed by atoms with Gasteiger partial charge < -0.3 is 10.4 Å². The molecular formula is C13H23NO3. The highest BCUT2D eigenvalue weighted by Gasteiger charge is 2.19. The first kappa shape index (κ1) is 14.0. The number of aliphatic carboxylic acids is 1. The van der Waals surface area contributed by atoms with Crippen molar-refractivity contribution in [1.29, 1.82) is 0 Å². The Bertz CT molecular complexity index is 265. The molecule has 1 amide bonds. The maximum atomic E-state index is 11.4. The van der Waals surface area contributed by atoms with Crippen LogP contribution in [0, 0.1) is 11.8 Å². The van der Waals surface area contributed by atoms with Crippen molar-refractivity contribution in [2.75, 3.05) is 6.54 Å². The summed E-state index contributed by atoms with van der Waals surface area (Å²) >= 11 is 0. The Morgan fingerprint density at radius 1 is 1.29 bits per heavy atom. The molecule has 2 unspecified atom stereocenters. The lowest BCUT2D eigenvalue weighted by Crippen LogP contribution is -2.31. The molecule has 0 aromatic rings. The van der Waals surface area contributed by atoms with Crippen molar-refractivity contribution in [2.24, 2.45) is 11.8 Å². The first-order chi connectivity index (χ1) is 8.08. The molecule has 0 spiro atoms. The topological polar surface area (TPSA) is 66.4 Å². The van der Waals surface area contributed by atoms with E-state index in [1.807, 2.05) is 0 Å². The summed E-state index contributed by atoms with van der Waals surface area (Å²) in [5.74, 6) is 0.545. The van der Waals surface area contributed by atoms with E-state index in [9.17, 15) is 9.59 Å². The van der Waals surface area contributed by atoms with Gasteiger partial charge >= 0.3 is 5.97 Å². The zero-order chi connectivity index (χ0) is 12.7. The lowest BCUT2D eigenvalue weighted by Gasteiger charge is -2.26. The van der Waals surface area contributed by atoms with Crippen molar-refractivity contribution in [2.45, 2.75) is 51.9 Å². The van der Waals surface area contributed by atoms with Crippen LogP contribution in [0.5, 0.6) is 0 Å². The fourth-order valence-electron chi connectivity index (χ4n) is 2.49. The molecule has 1 rings (SSSR count). The second kappa shape index (κ2) is 7.30. The Morgan fingerprint density at radius 2 is 2.06 bits per heavy atom. The Kier molecular flexibility index (Phi) is 6.01. The van der Waals surface area contributed by atoms with Crippen LogP contribution in [-0.4, -0.2) is 23.5 Å². The molecule has 98 valence electrons. The molecule has 2 atom stereocenters. The number of carboxylic acid groups (broad SMARTS) is 1. The van der Waals surface area contributed by atoms with Crippen molar-refractivity contribution >= 4 is 11.9 Å². The summed E-state index contributed by atoms with van der Waals surface area (Å²) in [5, 5.41) is 11.4. The van der Waals surface area contributed by atoms with Gasteiger partial charge in [0.1, 0.15) is 0 Å². The van der Waals surface area contributed by atoms with Crippen molar-refractivity contribution in [3.8, 4) is 0 Å². The predicted octanol–water partition coefficient (Wildman–Crippen LogP) is 2.18. The van der Waals surface area contributed by atoms with Gasteiger partial charge in [-0.05, 0) is 31.1 Å². The third kappa shape index (κ3) is 6.29. The summed E-state index contributed by atoms with van der Waals surface area (Å²) < 4.78 is 0. The molecule has 0 aromatic carbocycles. The van der Waals surface area contributed by atoms with E-state index in [2.05, 4.69) is 12.2 Å². The number of rotatable bonds is 6. The fraction of sp³-hybridized carbons (Fsp3) is 0.846. The number of nitrogens with one attached hydrogen (secondary N) is 1. The highest BCUT2D eigenvalue weighted by molar-refractivity contribution is 5.76. The summed E-state index contributed by atoms with van der Waals surface area (Å²) in [6, 6.07) is 0. The Labute approximate surface area is 103 Å². The molecule has 1 aliphatic rings. The van der Waals surface area contributed by atoms with E-state index in [-0.39, 0.29) is 12.3 Å². The van der Waals surface area contributed by atoms with Crippen LogP contribution in [0.25, 0.3) is 0 Å². The van der Waals surface area contributed by atoms with Gasteiger partial charge in [0.25, 0.3) is 0 Å². The number of carbonyl (C=O) groups is 2. The van der Waals surface area contributed by atoms with Gasteiger partial charge in [0.05, 0.1) is 0 Å². The Hall–Kier alpha value is -1.06. The SMILES string of the molecule is CC1CCCC(CNC(=O)CCCC(=O)O)C1. The summed E-state index contributed by atoms with van der Waals surface area (Å²) in [5.41, 5.74) is 0. The number of hydrogen-bond donors (Lipinski definition) is 2. The standard InChI is InChI=1S/C13H23NO3/c1-10-4-2-5-11(8-10)9-14-12(15)6-3-7-13(16)17/h10-11H,2-9H2,1H3,(H,14,15)(H,16,17). The highest BCUT2D eigenvalue weighted by atomic mass is 16.4. The molecule has 17 heavy (non-hydrogen) atoms. The smallest absolute Gasteiger partial charge is 0.303 e. The molecule has 1 aliphatic carbocycles. The monoisotopic (exact) mass is 241 g/mol. The van der Waals surface area contributed by atoms with E-state index in [1.165, 1.54) is 25.7 Å². The molecule has 0 saturated heterocycles. The number of hydrogen-bond acceptors (Lipinski definition) is 2. The third-order valence-corrected chi connectivity index (χ3v) is 3.43. The average molecular weight is 241 g/mol. The molecule has 0 radical (unpaired) electrons. The largest absolute Gasteiger partial charge is 0.481 e. The minimum atomic E-state index is -0.834. The predicted molar refractivity (Wildman–Crippen MR) is 65.6 cm³/mol. The van der Waals surface area contributed by atoms with Crippen LogP contribution >= 0.6 is 0 Å². The molecule has 0 bridgehead atoms. The van der Waals surface area contributed by atoms with Gasteiger partial charge in [0.2, 0.25) is 5.91 Å². The average Bonchev–Trinajstić information content (AvgIpc) is 2.26. The van der Waals surface area contributed by atoms with Crippen LogP contribution in [0.3, 0.4) is 0 Å². The van der Waals surface area contributed by atoms with Gasteiger partial charge in [-0.15, -0.1) is 0 Å². The number of amides is 1. The van der Waals surface area contributed by atoms with Crippen molar-refractivity contribution in [3.05, 3.63) is 0 Å². The first-order valence-electron chi connectivity index (χ1n) is 6.56. The number of carbonyl (C=O) groups excluding carboxylic acids is 1.